The normalized spacial score (nSPS) is 87.0. The van der Waals surface area contributed by atoms with Crippen LogP contribution in [0.25, 0.3) is 0 Å². The maximum atomic E-state index is 6.05. The SMILES string of the molecule is CC12OC1(C)C1(C)C3(C)OC3(C)C21C. The van der Waals surface area contributed by atoms with Crippen molar-refractivity contribution in [1.82, 2.24) is 0 Å². The lowest BCUT2D eigenvalue weighted by Crippen LogP contribution is -2.85. The third-order valence-electron chi connectivity index (χ3n) is 7.37. The van der Waals surface area contributed by atoms with Crippen LogP contribution in [-0.4, -0.2) is 22.4 Å². The van der Waals surface area contributed by atoms with Gasteiger partial charge in [-0.2, -0.15) is 0 Å². The van der Waals surface area contributed by atoms with Gasteiger partial charge in [-0.05, 0) is 27.7 Å². The fourth-order valence-corrected chi connectivity index (χ4v) is 5.78. The highest BCUT2D eigenvalue weighted by Crippen LogP contribution is 3.01. The van der Waals surface area contributed by atoms with E-state index in [0.717, 1.165) is 0 Å². The van der Waals surface area contributed by atoms with Crippen LogP contribution in [0.5, 0.6) is 0 Å². The number of hydrogen-bond donors (Lipinski definition) is 0. The molecule has 0 aromatic heterocycles. The zero-order chi connectivity index (χ0) is 10.4. The molecule has 0 bridgehead atoms. The van der Waals surface area contributed by atoms with Gasteiger partial charge in [0, 0.05) is 10.8 Å². The summed E-state index contributed by atoms with van der Waals surface area (Å²) in [4.78, 5) is 0. The smallest absolute Gasteiger partial charge is 0.105 e. The van der Waals surface area contributed by atoms with E-state index in [0.29, 0.717) is 0 Å². The van der Waals surface area contributed by atoms with Crippen LogP contribution in [0.4, 0.5) is 0 Å². The maximum Gasteiger partial charge on any atom is 0.105 e. The second-order valence-corrected chi connectivity index (χ2v) is 6.59. The Hall–Kier alpha value is -0.0800. The Bertz CT molecular complexity index is 337. The molecule has 4 aliphatic rings. The van der Waals surface area contributed by atoms with Gasteiger partial charge in [-0.3, -0.25) is 0 Å². The summed E-state index contributed by atoms with van der Waals surface area (Å²) in [5.74, 6) is 0. The molecule has 0 amide bonds. The van der Waals surface area contributed by atoms with Crippen LogP contribution in [0.1, 0.15) is 41.5 Å². The van der Waals surface area contributed by atoms with Gasteiger partial charge in [-0.15, -0.1) is 0 Å². The molecule has 14 heavy (non-hydrogen) atoms. The van der Waals surface area contributed by atoms with Gasteiger partial charge in [0.1, 0.15) is 22.4 Å². The monoisotopic (exact) mass is 194 g/mol. The lowest BCUT2D eigenvalue weighted by atomic mass is 9.24. The molecule has 4 atom stereocenters. The minimum Gasteiger partial charge on any atom is -0.362 e. The second kappa shape index (κ2) is 1.28. The summed E-state index contributed by atoms with van der Waals surface area (Å²) in [7, 11) is 0. The summed E-state index contributed by atoms with van der Waals surface area (Å²) in [6.07, 6.45) is 0. The van der Waals surface area contributed by atoms with E-state index in [-0.39, 0.29) is 33.2 Å². The number of rotatable bonds is 0. The molecular weight excluding hydrogens is 176 g/mol. The molecule has 0 aromatic rings. The van der Waals surface area contributed by atoms with Gasteiger partial charge < -0.3 is 9.47 Å². The zero-order valence-electron chi connectivity index (χ0n) is 9.82. The molecule has 2 nitrogen and oxygen atoms in total. The molecule has 2 aliphatic carbocycles. The van der Waals surface area contributed by atoms with Crippen molar-refractivity contribution in [3.8, 4) is 0 Å². The lowest BCUT2D eigenvalue weighted by molar-refractivity contribution is -0.207. The second-order valence-electron chi connectivity index (χ2n) is 6.59. The minimum atomic E-state index is 0.0690. The van der Waals surface area contributed by atoms with E-state index in [1.807, 2.05) is 0 Å². The van der Waals surface area contributed by atoms with Crippen molar-refractivity contribution >= 4 is 0 Å². The molecule has 0 radical (unpaired) electrons. The molecule has 0 aromatic carbocycles. The Morgan fingerprint density at radius 3 is 0.929 bits per heavy atom. The summed E-state index contributed by atoms with van der Waals surface area (Å²) < 4.78 is 12.1. The molecule has 4 rings (SSSR count). The quantitative estimate of drug-likeness (QED) is 0.552. The Morgan fingerprint density at radius 1 is 0.500 bits per heavy atom. The third-order valence-corrected chi connectivity index (χ3v) is 7.37. The van der Waals surface area contributed by atoms with Crippen molar-refractivity contribution in [3.05, 3.63) is 0 Å². The van der Waals surface area contributed by atoms with Gasteiger partial charge >= 0.3 is 0 Å². The number of epoxide rings is 2. The van der Waals surface area contributed by atoms with Crippen molar-refractivity contribution in [2.75, 3.05) is 0 Å². The van der Waals surface area contributed by atoms with Gasteiger partial charge in [0.2, 0.25) is 0 Å². The minimum absolute atomic E-state index is 0.0690. The fourth-order valence-electron chi connectivity index (χ4n) is 5.78. The summed E-state index contributed by atoms with van der Waals surface area (Å²) in [6, 6.07) is 0. The van der Waals surface area contributed by atoms with Gasteiger partial charge in [-0.25, -0.2) is 0 Å². The molecule has 0 N–H and O–H groups in total. The molecule has 2 heteroatoms. The van der Waals surface area contributed by atoms with Crippen molar-refractivity contribution in [3.63, 3.8) is 0 Å². The predicted molar refractivity (Wildman–Crippen MR) is 52.0 cm³/mol. The highest BCUT2D eigenvalue weighted by atomic mass is 16.7. The van der Waals surface area contributed by atoms with E-state index >= 15 is 0 Å². The van der Waals surface area contributed by atoms with Crippen LogP contribution in [0.3, 0.4) is 0 Å². The van der Waals surface area contributed by atoms with Crippen LogP contribution in [0.2, 0.25) is 0 Å². The van der Waals surface area contributed by atoms with Crippen molar-refractivity contribution in [2.45, 2.75) is 63.9 Å². The van der Waals surface area contributed by atoms with E-state index in [1.165, 1.54) is 0 Å². The summed E-state index contributed by atoms with van der Waals surface area (Å²) in [5.41, 5.74) is 0.713. The lowest BCUT2D eigenvalue weighted by Gasteiger charge is -2.71. The standard InChI is InChI=1S/C12H18O2/c1-7-8(2,11(5)9(7,3)13-11)12(6)10(7,4)14-12/h1-6H3. The van der Waals surface area contributed by atoms with E-state index in [4.69, 9.17) is 9.47 Å². The predicted octanol–water partition coefficient (Wildman–Crippen LogP) is 2.12. The highest BCUT2D eigenvalue weighted by Gasteiger charge is 3.13. The van der Waals surface area contributed by atoms with Crippen LogP contribution in [0, 0.1) is 10.8 Å². The first kappa shape index (κ1) is 8.12. The van der Waals surface area contributed by atoms with Gasteiger partial charge in [0.15, 0.2) is 0 Å². The molecule has 2 heterocycles. The van der Waals surface area contributed by atoms with Gasteiger partial charge in [0.25, 0.3) is 0 Å². The average Bonchev–Trinajstić information content (AvgIpc) is 2.84. The first-order chi connectivity index (χ1) is 6.16. The first-order valence-corrected chi connectivity index (χ1v) is 5.57. The molecule has 2 saturated heterocycles. The van der Waals surface area contributed by atoms with E-state index in [2.05, 4.69) is 41.5 Å². The Morgan fingerprint density at radius 2 is 0.714 bits per heavy atom. The van der Waals surface area contributed by atoms with Crippen molar-refractivity contribution in [1.29, 1.82) is 0 Å². The third kappa shape index (κ3) is 0.283. The largest absolute Gasteiger partial charge is 0.362 e. The number of fused-ring (bicyclic) bond motifs is 7. The fraction of sp³-hybridized carbons (Fsp3) is 1.00. The first-order valence-electron chi connectivity index (χ1n) is 5.57. The summed E-state index contributed by atoms with van der Waals surface area (Å²) >= 11 is 0. The molecule has 4 fully saturated rings. The van der Waals surface area contributed by atoms with Gasteiger partial charge in [0.05, 0.1) is 0 Å². The number of hydrogen-bond acceptors (Lipinski definition) is 2. The summed E-state index contributed by atoms with van der Waals surface area (Å²) in [6.45, 7) is 13.7. The van der Waals surface area contributed by atoms with Crippen LogP contribution in [0.15, 0.2) is 0 Å². The van der Waals surface area contributed by atoms with E-state index < -0.39 is 0 Å². The maximum absolute atomic E-state index is 6.05. The molecule has 2 saturated carbocycles. The Labute approximate surface area is 85.0 Å². The van der Waals surface area contributed by atoms with Gasteiger partial charge in [-0.1, -0.05) is 13.8 Å². The van der Waals surface area contributed by atoms with E-state index in [1.54, 1.807) is 0 Å². The van der Waals surface area contributed by atoms with Crippen LogP contribution < -0.4 is 0 Å². The average molecular weight is 194 g/mol. The summed E-state index contributed by atoms with van der Waals surface area (Å²) in [5, 5.41) is 0. The Balaban J connectivity index is 1.99. The van der Waals surface area contributed by atoms with Crippen LogP contribution in [-0.2, 0) is 9.47 Å². The molecular formula is C12H18O2. The van der Waals surface area contributed by atoms with Crippen LogP contribution >= 0.6 is 0 Å². The zero-order valence-corrected chi connectivity index (χ0v) is 9.82. The molecule has 78 valence electrons. The molecule has 4 unspecified atom stereocenters. The molecule has 2 aliphatic heterocycles. The van der Waals surface area contributed by atoms with E-state index in [9.17, 15) is 0 Å². The highest BCUT2D eigenvalue weighted by molar-refractivity contribution is 5.60. The topological polar surface area (TPSA) is 25.1 Å². The van der Waals surface area contributed by atoms with Crippen molar-refractivity contribution in [2.24, 2.45) is 10.8 Å². The number of ether oxygens (including phenoxy) is 2. The molecule has 0 spiro atoms. The van der Waals surface area contributed by atoms with Crippen molar-refractivity contribution < 1.29 is 9.47 Å². The Kier molecular flexibility index (Phi) is 0.740.